The SMILES string of the molecule is CN(C)c1onc2c1C(c1c(Cl)cccc1Cl)CCC2. The standard InChI is InChI=1S/C15H16Cl2N2O/c1-19(2)15-14-9(5-3-8-12(14)18-20-15)13-10(16)6-4-7-11(13)17/h4,6-7,9H,3,5,8H2,1-2H3. The van der Waals surface area contributed by atoms with Crippen LogP contribution in [0.5, 0.6) is 0 Å². The molecule has 1 atom stereocenters. The number of fused-ring (bicyclic) bond motifs is 1. The van der Waals surface area contributed by atoms with Gasteiger partial charge in [-0.25, -0.2) is 0 Å². The van der Waals surface area contributed by atoms with Gasteiger partial charge in [-0.2, -0.15) is 0 Å². The van der Waals surface area contributed by atoms with E-state index >= 15 is 0 Å². The zero-order chi connectivity index (χ0) is 14.3. The van der Waals surface area contributed by atoms with Gasteiger partial charge in [0.15, 0.2) is 0 Å². The normalized spacial score (nSPS) is 17.9. The minimum Gasteiger partial charge on any atom is -0.346 e. The first-order valence-electron chi connectivity index (χ1n) is 6.69. The lowest BCUT2D eigenvalue weighted by Gasteiger charge is -2.25. The summed E-state index contributed by atoms with van der Waals surface area (Å²) in [5, 5.41) is 5.63. The molecular formula is C15H16Cl2N2O. The Balaban J connectivity index is 2.17. The first kappa shape index (κ1) is 13.8. The molecule has 0 bridgehead atoms. The van der Waals surface area contributed by atoms with E-state index in [4.69, 9.17) is 27.7 Å². The highest BCUT2D eigenvalue weighted by atomic mass is 35.5. The lowest BCUT2D eigenvalue weighted by molar-refractivity contribution is 0.415. The van der Waals surface area contributed by atoms with E-state index in [1.807, 2.05) is 37.2 Å². The predicted octanol–water partition coefficient (Wildman–Crippen LogP) is 4.52. The fourth-order valence-corrected chi connectivity index (χ4v) is 3.58. The molecular weight excluding hydrogens is 295 g/mol. The van der Waals surface area contributed by atoms with Crippen LogP contribution in [-0.2, 0) is 6.42 Å². The lowest BCUT2D eigenvalue weighted by atomic mass is 9.81. The van der Waals surface area contributed by atoms with Crippen molar-refractivity contribution < 1.29 is 4.52 Å². The van der Waals surface area contributed by atoms with Crippen LogP contribution in [0, 0.1) is 0 Å². The van der Waals surface area contributed by atoms with Crippen LogP contribution in [0.3, 0.4) is 0 Å². The van der Waals surface area contributed by atoms with Gasteiger partial charge in [0, 0.05) is 35.6 Å². The van der Waals surface area contributed by atoms with Gasteiger partial charge in [0.2, 0.25) is 5.88 Å². The average molecular weight is 311 g/mol. The highest BCUT2D eigenvalue weighted by molar-refractivity contribution is 6.36. The Morgan fingerprint density at radius 3 is 2.55 bits per heavy atom. The summed E-state index contributed by atoms with van der Waals surface area (Å²) < 4.78 is 5.50. The highest BCUT2D eigenvalue weighted by Crippen LogP contribution is 2.45. The van der Waals surface area contributed by atoms with Crippen molar-refractivity contribution in [3.05, 3.63) is 45.1 Å². The third-order valence-electron chi connectivity index (χ3n) is 3.79. The van der Waals surface area contributed by atoms with Gasteiger partial charge in [-0.1, -0.05) is 34.4 Å². The van der Waals surface area contributed by atoms with Gasteiger partial charge < -0.3 is 9.42 Å². The van der Waals surface area contributed by atoms with Crippen LogP contribution >= 0.6 is 23.2 Å². The minimum absolute atomic E-state index is 0.156. The van der Waals surface area contributed by atoms with Gasteiger partial charge in [0.05, 0.1) is 5.69 Å². The monoisotopic (exact) mass is 310 g/mol. The van der Waals surface area contributed by atoms with Gasteiger partial charge in [-0.3, -0.25) is 0 Å². The summed E-state index contributed by atoms with van der Waals surface area (Å²) >= 11 is 12.8. The van der Waals surface area contributed by atoms with Crippen LogP contribution in [0.15, 0.2) is 22.7 Å². The number of hydrogen-bond acceptors (Lipinski definition) is 3. The molecule has 2 aromatic rings. The van der Waals surface area contributed by atoms with Crippen molar-refractivity contribution in [1.82, 2.24) is 5.16 Å². The molecule has 1 heterocycles. The van der Waals surface area contributed by atoms with E-state index in [2.05, 4.69) is 5.16 Å². The molecule has 0 N–H and O–H groups in total. The Hall–Kier alpha value is -1.19. The maximum atomic E-state index is 6.38. The number of anilines is 1. The van der Waals surface area contributed by atoms with E-state index in [1.54, 1.807) is 0 Å². The van der Waals surface area contributed by atoms with Crippen molar-refractivity contribution in [2.75, 3.05) is 19.0 Å². The molecule has 1 unspecified atom stereocenters. The summed E-state index contributed by atoms with van der Waals surface area (Å²) in [5.74, 6) is 0.962. The molecule has 106 valence electrons. The van der Waals surface area contributed by atoms with Crippen LogP contribution < -0.4 is 4.90 Å². The number of hydrogen-bond donors (Lipinski definition) is 0. The van der Waals surface area contributed by atoms with Gasteiger partial charge in [-0.15, -0.1) is 0 Å². The predicted molar refractivity (Wildman–Crippen MR) is 82.1 cm³/mol. The molecule has 1 aromatic carbocycles. The quantitative estimate of drug-likeness (QED) is 0.817. The number of aromatic nitrogens is 1. The molecule has 0 saturated carbocycles. The Labute approximate surface area is 128 Å². The molecule has 0 fully saturated rings. The van der Waals surface area contributed by atoms with E-state index in [1.165, 1.54) is 0 Å². The van der Waals surface area contributed by atoms with Crippen LogP contribution in [-0.4, -0.2) is 19.3 Å². The van der Waals surface area contributed by atoms with Crippen molar-refractivity contribution in [2.45, 2.75) is 25.2 Å². The van der Waals surface area contributed by atoms with Crippen LogP contribution in [0.25, 0.3) is 0 Å². The van der Waals surface area contributed by atoms with Crippen molar-refractivity contribution in [3.8, 4) is 0 Å². The molecule has 0 spiro atoms. The van der Waals surface area contributed by atoms with Gasteiger partial charge in [0.1, 0.15) is 0 Å². The zero-order valence-electron chi connectivity index (χ0n) is 11.5. The number of benzene rings is 1. The maximum Gasteiger partial charge on any atom is 0.230 e. The Kier molecular flexibility index (Phi) is 3.65. The summed E-state index contributed by atoms with van der Waals surface area (Å²) in [7, 11) is 3.92. The molecule has 0 amide bonds. The van der Waals surface area contributed by atoms with Gasteiger partial charge in [-0.05, 0) is 37.0 Å². The average Bonchev–Trinajstić information content (AvgIpc) is 2.83. The Morgan fingerprint density at radius 2 is 1.90 bits per heavy atom. The largest absolute Gasteiger partial charge is 0.346 e. The number of halogens is 2. The van der Waals surface area contributed by atoms with E-state index in [0.29, 0.717) is 10.0 Å². The van der Waals surface area contributed by atoms with E-state index in [-0.39, 0.29) is 5.92 Å². The van der Waals surface area contributed by atoms with Gasteiger partial charge in [0.25, 0.3) is 0 Å². The molecule has 3 nitrogen and oxygen atoms in total. The highest BCUT2D eigenvalue weighted by Gasteiger charge is 2.32. The van der Waals surface area contributed by atoms with E-state index in [9.17, 15) is 0 Å². The van der Waals surface area contributed by atoms with Crippen molar-refractivity contribution in [1.29, 1.82) is 0 Å². The Bertz CT molecular complexity index is 617. The molecule has 1 aliphatic rings. The van der Waals surface area contributed by atoms with E-state index < -0.39 is 0 Å². The molecule has 0 saturated heterocycles. The van der Waals surface area contributed by atoms with Crippen molar-refractivity contribution >= 4 is 29.1 Å². The summed E-state index contributed by atoms with van der Waals surface area (Å²) in [6, 6.07) is 5.65. The van der Waals surface area contributed by atoms with Crippen molar-refractivity contribution in [3.63, 3.8) is 0 Å². The molecule has 20 heavy (non-hydrogen) atoms. The smallest absolute Gasteiger partial charge is 0.230 e. The van der Waals surface area contributed by atoms with Crippen LogP contribution in [0.1, 0.15) is 35.6 Å². The fraction of sp³-hybridized carbons (Fsp3) is 0.400. The topological polar surface area (TPSA) is 29.3 Å². The summed E-state index contributed by atoms with van der Waals surface area (Å²) in [5.41, 5.74) is 3.15. The van der Waals surface area contributed by atoms with Gasteiger partial charge >= 0.3 is 0 Å². The molecule has 3 rings (SSSR count). The minimum atomic E-state index is 0.156. The first-order valence-corrected chi connectivity index (χ1v) is 7.45. The number of nitrogens with zero attached hydrogens (tertiary/aromatic N) is 2. The second-order valence-electron chi connectivity index (χ2n) is 5.32. The molecule has 0 aliphatic heterocycles. The molecule has 1 aromatic heterocycles. The fourth-order valence-electron chi connectivity index (χ4n) is 2.92. The Morgan fingerprint density at radius 1 is 1.20 bits per heavy atom. The molecule has 0 radical (unpaired) electrons. The van der Waals surface area contributed by atoms with Crippen LogP contribution in [0.4, 0.5) is 5.88 Å². The summed E-state index contributed by atoms with van der Waals surface area (Å²) in [4.78, 5) is 1.95. The van der Waals surface area contributed by atoms with Crippen LogP contribution in [0.2, 0.25) is 10.0 Å². The van der Waals surface area contributed by atoms with Crippen molar-refractivity contribution in [2.24, 2.45) is 0 Å². The third kappa shape index (κ3) is 2.19. The second-order valence-corrected chi connectivity index (χ2v) is 6.14. The second kappa shape index (κ2) is 5.30. The summed E-state index contributed by atoms with van der Waals surface area (Å²) in [6.07, 6.45) is 3.03. The number of aryl methyl sites for hydroxylation is 1. The molecule has 1 aliphatic carbocycles. The maximum absolute atomic E-state index is 6.38. The number of rotatable bonds is 2. The zero-order valence-corrected chi connectivity index (χ0v) is 13.0. The third-order valence-corrected chi connectivity index (χ3v) is 4.45. The molecule has 5 heteroatoms. The van der Waals surface area contributed by atoms with E-state index in [0.717, 1.165) is 42.0 Å². The summed E-state index contributed by atoms with van der Waals surface area (Å²) in [6.45, 7) is 0. The first-order chi connectivity index (χ1) is 9.59. The lowest BCUT2D eigenvalue weighted by Crippen LogP contribution is -2.16.